The van der Waals surface area contributed by atoms with Crippen LogP contribution in [-0.2, 0) is 9.53 Å². The van der Waals surface area contributed by atoms with Gasteiger partial charge in [-0.15, -0.1) is 0 Å². The van der Waals surface area contributed by atoms with E-state index in [0.29, 0.717) is 55.6 Å². The fourth-order valence-corrected chi connectivity index (χ4v) is 5.78. The van der Waals surface area contributed by atoms with Gasteiger partial charge in [0.25, 0.3) is 11.2 Å². The van der Waals surface area contributed by atoms with Crippen LogP contribution < -0.4 is 19.6 Å². The maximum absolute atomic E-state index is 13.8. The second-order valence-electron chi connectivity index (χ2n) is 9.43. The van der Waals surface area contributed by atoms with Gasteiger partial charge in [-0.3, -0.25) is 19.5 Å². The standard InChI is InChI=1S/C31H27N3O7S/c1-5-15-40-22-10-7-20(8-11-22)28-27(30(36)39-6-2)19(4)32-31-33(28)29(35)26(42-31)17-23-12-14-25(41-23)24-13-9-21(34(37)38)16-18(24)3/h5,7-14,16-17,28H,1,6,15H2,2-4H3/b26-17-/t28-/m1/s1. The molecule has 0 unspecified atom stereocenters. The second-order valence-corrected chi connectivity index (χ2v) is 10.4. The molecule has 10 nitrogen and oxygen atoms in total. The highest BCUT2D eigenvalue weighted by Crippen LogP contribution is 2.32. The first-order chi connectivity index (χ1) is 20.2. The number of rotatable bonds is 9. The van der Waals surface area contributed by atoms with Crippen LogP contribution in [0.25, 0.3) is 17.4 Å². The van der Waals surface area contributed by atoms with Crippen LogP contribution in [0, 0.1) is 17.0 Å². The molecule has 4 aromatic rings. The molecule has 0 saturated heterocycles. The lowest BCUT2D eigenvalue weighted by atomic mass is 9.96. The van der Waals surface area contributed by atoms with Gasteiger partial charge in [0.15, 0.2) is 4.80 Å². The largest absolute Gasteiger partial charge is 0.490 e. The smallest absolute Gasteiger partial charge is 0.338 e. The number of hydrogen-bond donors (Lipinski definition) is 0. The maximum Gasteiger partial charge on any atom is 0.338 e. The Bertz CT molecular complexity index is 1910. The Balaban J connectivity index is 1.58. The third kappa shape index (κ3) is 5.46. The molecule has 1 aliphatic rings. The average Bonchev–Trinajstić information content (AvgIpc) is 3.55. The van der Waals surface area contributed by atoms with Crippen molar-refractivity contribution < 1.29 is 23.6 Å². The fourth-order valence-electron chi connectivity index (χ4n) is 4.75. The van der Waals surface area contributed by atoms with E-state index >= 15 is 0 Å². The Morgan fingerprint density at radius 3 is 2.62 bits per heavy atom. The van der Waals surface area contributed by atoms with Gasteiger partial charge >= 0.3 is 5.97 Å². The number of carbonyl (C=O) groups excluding carboxylic acids is 1. The monoisotopic (exact) mass is 585 g/mol. The fraction of sp³-hybridized carbons (Fsp3) is 0.194. The molecular weight excluding hydrogens is 558 g/mol. The Hall–Kier alpha value is -5.03. The number of benzene rings is 2. The number of nitrogens with zero attached hydrogens (tertiary/aromatic N) is 3. The molecule has 2 aromatic heterocycles. The van der Waals surface area contributed by atoms with E-state index in [1.54, 1.807) is 63.3 Å². The van der Waals surface area contributed by atoms with Crippen molar-refractivity contribution >= 4 is 29.1 Å². The summed E-state index contributed by atoms with van der Waals surface area (Å²) in [6.45, 7) is 9.40. The summed E-state index contributed by atoms with van der Waals surface area (Å²) in [4.78, 5) is 42.6. The number of fused-ring (bicyclic) bond motifs is 1. The number of esters is 1. The average molecular weight is 586 g/mol. The van der Waals surface area contributed by atoms with Gasteiger partial charge in [0.05, 0.1) is 33.4 Å². The molecule has 3 heterocycles. The van der Waals surface area contributed by atoms with E-state index in [2.05, 4.69) is 11.6 Å². The molecule has 0 spiro atoms. The molecule has 11 heteroatoms. The number of aromatic nitrogens is 1. The summed E-state index contributed by atoms with van der Waals surface area (Å²) in [5, 5.41) is 11.1. The van der Waals surface area contributed by atoms with E-state index in [1.165, 1.54) is 28.0 Å². The summed E-state index contributed by atoms with van der Waals surface area (Å²) in [6, 6.07) is 14.4. The first-order valence-electron chi connectivity index (χ1n) is 13.1. The Morgan fingerprint density at radius 2 is 1.95 bits per heavy atom. The van der Waals surface area contributed by atoms with Gasteiger partial charge in [-0.2, -0.15) is 0 Å². The zero-order chi connectivity index (χ0) is 30.0. The topological polar surface area (TPSA) is 126 Å². The molecule has 0 radical (unpaired) electrons. The van der Waals surface area contributed by atoms with Crippen LogP contribution in [0.15, 0.2) is 92.7 Å². The zero-order valence-corrected chi connectivity index (χ0v) is 24.0. The van der Waals surface area contributed by atoms with Crippen LogP contribution in [-0.4, -0.2) is 28.7 Å². The molecule has 1 atom stereocenters. The molecule has 214 valence electrons. The molecule has 0 bridgehead atoms. The number of nitro groups is 1. The summed E-state index contributed by atoms with van der Waals surface area (Å²) in [6.07, 6.45) is 3.27. The minimum absolute atomic E-state index is 0.00453. The number of allylic oxidation sites excluding steroid dienone is 1. The summed E-state index contributed by atoms with van der Waals surface area (Å²) >= 11 is 1.18. The number of hydrogen-bond acceptors (Lipinski definition) is 9. The molecule has 0 fully saturated rings. The Labute approximate surface area is 244 Å². The lowest BCUT2D eigenvalue weighted by Gasteiger charge is -2.24. The number of aryl methyl sites for hydroxylation is 1. The number of ether oxygens (including phenoxy) is 2. The van der Waals surface area contributed by atoms with Gasteiger partial charge in [-0.25, -0.2) is 9.79 Å². The molecule has 2 aromatic carbocycles. The zero-order valence-electron chi connectivity index (χ0n) is 23.2. The van der Waals surface area contributed by atoms with Crippen LogP contribution in [0.5, 0.6) is 5.75 Å². The minimum Gasteiger partial charge on any atom is -0.490 e. The third-order valence-corrected chi connectivity index (χ3v) is 7.65. The predicted molar refractivity (Wildman–Crippen MR) is 158 cm³/mol. The van der Waals surface area contributed by atoms with Gasteiger partial charge in [-0.1, -0.05) is 36.1 Å². The third-order valence-electron chi connectivity index (χ3n) is 6.67. The molecule has 0 aliphatic carbocycles. The summed E-state index contributed by atoms with van der Waals surface area (Å²) in [7, 11) is 0. The number of carbonyl (C=O) groups is 1. The van der Waals surface area contributed by atoms with Gasteiger partial charge < -0.3 is 13.9 Å². The quantitative estimate of drug-likeness (QED) is 0.119. The van der Waals surface area contributed by atoms with Crippen molar-refractivity contribution in [2.45, 2.75) is 26.8 Å². The van der Waals surface area contributed by atoms with Gasteiger partial charge in [0.2, 0.25) is 0 Å². The highest BCUT2D eigenvalue weighted by Gasteiger charge is 2.33. The van der Waals surface area contributed by atoms with Crippen molar-refractivity contribution in [1.82, 2.24) is 4.57 Å². The molecule has 0 N–H and O–H groups in total. The van der Waals surface area contributed by atoms with Crippen molar-refractivity contribution in [3.63, 3.8) is 0 Å². The number of nitro benzene ring substituents is 1. The first kappa shape index (κ1) is 28.5. The van der Waals surface area contributed by atoms with Crippen molar-refractivity contribution in [1.29, 1.82) is 0 Å². The second kappa shape index (κ2) is 11.8. The van der Waals surface area contributed by atoms with E-state index in [0.717, 1.165) is 0 Å². The lowest BCUT2D eigenvalue weighted by Crippen LogP contribution is -2.39. The van der Waals surface area contributed by atoms with Crippen LogP contribution in [0.4, 0.5) is 5.69 Å². The van der Waals surface area contributed by atoms with Crippen molar-refractivity contribution in [2.75, 3.05) is 13.2 Å². The maximum atomic E-state index is 13.8. The van der Waals surface area contributed by atoms with E-state index in [9.17, 15) is 19.7 Å². The highest BCUT2D eigenvalue weighted by atomic mass is 32.1. The minimum atomic E-state index is -0.758. The normalized spacial score (nSPS) is 14.7. The molecule has 0 amide bonds. The van der Waals surface area contributed by atoms with E-state index in [4.69, 9.17) is 13.9 Å². The van der Waals surface area contributed by atoms with Crippen LogP contribution in [0.1, 0.15) is 36.8 Å². The van der Waals surface area contributed by atoms with Crippen LogP contribution in [0.3, 0.4) is 0 Å². The lowest BCUT2D eigenvalue weighted by molar-refractivity contribution is -0.384. The molecule has 0 saturated carbocycles. The van der Waals surface area contributed by atoms with E-state index in [1.807, 2.05) is 12.1 Å². The Kier molecular flexibility index (Phi) is 8.03. The van der Waals surface area contributed by atoms with Crippen LogP contribution in [0.2, 0.25) is 0 Å². The van der Waals surface area contributed by atoms with Crippen molar-refractivity contribution in [2.24, 2.45) is 4.99 Å². The first-order valence-corrected chi connectivity index (χ1v) is 13.9. The molecule has 5 rings (SSSR count). The highest BCUT2D eigenvalue weighted by molar-refractivity contribution is 7.07. The van der Waals surface area contributed by atoms with Gasteiger partial charge in [0, 0.05) is 23.8 Å². The number of furan rings is 1. The number of thiazole rings is 1. The predicted octanol–water partition coefficient (Wildman–Crippen LogP) is 4.84. The van der Waals surface area contributed by atoms with Gasteiger partial charge in [0.1, 0.15) is 23.9 Å². The molecule has 42 heavy (non-hydrogen) atoms. The number of non-ortho nitro benzene ring substituents is 1. The van der Waals surface area contributed by atoms with Crippen molar-refractivity contribution in [3.8, 4) is 17.1 Å². The molecular formula is C31H27N3O7S. The van der Waals surface area contributed by atoms with E-state index < -0.39 is 16.9 Å². The van der Waals surface area contributed by atoms with Gasteiger partial charge in [-0.05, 0) is 62.2 Å². The summed E-state index contributed by atoms with van der Waals surface area (Å²) in [5.41, 5.74) is 2.49. The Morgan fingerprint density at radius 1 is 1.19 bits per heavy atom. The van der Waals surface area contributed by atoms with Crippen LogP contribution >= 0.6 is 11.3 Å². The molecule has 1 aliphatic heterocycles. The SMILES string of the molecule is C=CCOc1ccc([C@@H]2C(C(=O)OCC)=C(C)N=c3s/c(=C\c4ccc(-c5ccc([N+](=O)[O-])cc5C)o4)c(=O)n32)cc1. The summed E-state index contributed by atoms with van der Waals surface area (Å²) in [5.74, 6) is 1.02. The van der Waals surface area contributed by atoms with E-state index in [-0.39, 0.29) is 23.4 Å². The summed E-state index contributed by atoms with van der Waals surface area (Å²) < 4.78 is 18.8. The van der Waals surface area contributed by atoms with Crippen molar-refractivity contribution in [3.05, 3.63) is 125 Å².